The van der Waals surface area contributed by atoms with Crippen LogP contribution in [0.15, 0.2) is 48.5 Å². The average Bonchev–Trinajstić information content (AvgIpc) is 3.61. The molecule has 0 saturated heterocycles. The number of rotatable bonds is 11. The minimum absolute atomic E-state index is 0.0369. The predicted molar refractivity (Wildman–Crippen MR) is 146 cm³/mol. The van der Waals surface area contributed by atoms with Crippen LogP contribution >= 0.6 is 0 Å². The number of Topliss-reactive ketones (excluding diaryl/α,β-unsaturated/α-hetero) is 2. The van der Waals surface area contributed by atoms with E-state index in [0.717, 1.165) is 28.1 Å². The van der Waals surface area contributed by atoms with Crippen LogP contribution in [0.2, 0.25) is 0 Å². The number of hydrogen-bond acceptors (Lipinski definition) is 10. The molecule has 0 unspecified atom stereocenters. The van der Waals surface area contributed by atoms with E-state index in [1.807, 2.05) is 66.9 Å². The van der Waals surface area contributed by atoms with E-state index < -0.39 is 0 Å². The van der Waals surface area contributed by atoms with Gasteiger partial charge in [0, 0.05) is 18.0 Å². The van der Waals surface area contributed by atoms with Crippen LogP contribution in [0.3, 0.4) is 0 Å². The normalized spacial score (nSPS) is 11.2. The number of ketones is 2. The lowest BCUT2D eigenvalue weighted by Gasteiger charge is -2.14. The van der Waals surface area contributed by atoms with Gasteiger partial charge >= 0.3 is 0 Å². The number of H-pyrrole nitrogens is 1. The number of nitrogens with zero attached hydrogens (tertiary/aromatic N) is 7. The fourth-order valence-corrected chi connectivity index (χ4v) is 4.33. The van der Waals surface area contributed by atoms with Gasteiger partial charge in [-0.1, -0.05) is 62.4 Å². The van der Waals surface area contributed by atoms with Crippen LogP contribution in [0.4, 0.5) is 0 Å². The summed E-state index contributed by atoms with van der Waals surface area (Å²) in [5, 5.41) is 22.7. The molecule has 0 saturated carbocycles. The number of fused-ring (bicyclic) bond motifs is 1. The molecule has 0 aliphatic heterocycles. The summed E-state index contributed by atoms with van der Waals surface area (Å²) in [6.07, 6.45) is 0. The Labute approximate surface area is 229 Å². The van der Waals surface area contributed by atoms with Gasteiger partial charge in [0.2, 0.25) is 5.82 Å². The SMILES string of the molecule is CC(=O)COc1nnc(OCC(C)=O)c2c1nc(C(C)C)n2Cc1ccc(-c2ccccc2-c2nn[nH]n2)cc1. The average molecular weight is 541 g/mol. The zero-order valence-corrected chi connectivity index (χ0v) is 22.6. The van der Waals surface area contributed by atoms with Crippen molar-refractivity contribution in [3.63, 3.8) is 0 Å². The van der Waals surface area contributed by atoms with Crippen molar-refractivity contribution in [2.45, 2.75) is 40.2 Å². The van der Waals surface area contributed by atoms with Gasteiger partial charge in [-0.2, -0.15) is 5.21 Å². The maximum atomic E-state index is 11.7. The second-order valence-electron chi connectivity index (χ2n) is 9.68. The summed E-state index contributed by atoms with van der Waals surface area (Å²) >= 11 is 0. The first-order chi connectivity index (χ1) is 19.3. The maximum absolute atomic E-state index is 11.7. The summed E-state index contributed by atoms with van der Waals surface area (Å²) in [5.41, 5.74) is 4.82. The zero-order chi connectivity index (χ0) is 28.2. The van der Waals surface area contributed by atoms with Crippen molar-refractivity contribution in [1.29, 1.82) is 0 Å². The zero-order valence-electron chi connectivity index (χ0n) is 22.6. The molecule has 5 aromatic rings. The predicted octanol–water partition coefficient (Wildman–Crippen LogP) is 3.78. The highest BCUT2D eigenvalue weighted by Gasteiger charge is 2.24. The first-order valence-electron chi connectivity index (χ1n) is 12.7. The lowest BCUT2D eigenvalue weighted by molar-refractivity contribution is -0.119. The van der Waals surface area contributed by atoms with Crippen molar-refractivity contribution >= 4 is 22.6 Å². The Morgan fingerprint density at radius 3 is 2.15 bits per heavy atom. The number of ether oxygens (including phenoxy) is 2. The van der Waals surface area contributed by atoms with Crippen molar-refractivity contribution in [1.82, 2.24) is 40.4 Å². The van der Waals surface area contributed by atoms with E-state index in [-0.39, 0.29) is 42.5 Å². The molecular weight excluding hydrogens is 512 g/mol. The molecular formula is C28H28N8O4. The van der Waals surface area contributed by atoms with Crippen LogP contribution in [-0.4, -0.2) is 65.2 Å². The molecule has 0 aliphatic rings. The van der Waals surface area contributed by atoms with Crippen LogP contribution < -0.4 is 9.47 Å². The van der Waals surface area contributed by atoms with Gasteiger partial charge < -0.3 is 14.0 Å². The van der Waals surface area contributed by atoms with Gasteiger partial charge in [0.05, 0.1) is 0 Å². The summed E-state index contributed by atoms with van der Waals surface area (Å²) in [5.74, 6) is 1.31. The number of imidazole rings is 1. The molecule has 0 amide bonds. The molecule has 3 aromatic heterocycles. The fourth-order valence-electron chi connectivity index (χ4n) is 4.33. The molecule has 2 aromatic carbocycles. The Balaban J connectivity index is 1.55. The molecule has 0 fully saturated rings. The molecule has 12 nitrogen and oxygen atoms in total. The summed E-state index contributed by atoms with van der Waals surface area (Å²) in [4.78, 5) is 28.0. The molecule has 0 atom stereocenters. The topological polar surface area (TPSA) is 151 Å². The van der Waals surface area contributed by atoms with Gasteiger partial charge in [-0.15, -0.1) is 20.4 Å². The van der Waals surface area contributed by atoms with Crippen LogP contribution in [0.5, 0.6) is 11.8 Å². The van der Waals surface area contributed by atoms with Crippen molar-refractivity contribution < 1.29 is 19.1 Å². The molecule has 0 radical (unpaired) electrons. The number of carbonyl (C=O) groups is 2. The highest BCUT2D eigenvalue weighted by atomic mass is 16.5. The smallest absolute Gasteiger partial charge is 0.262 e. The van der Waals surface area contributed by atoms with E-state index >= 15 is 0 Å². The molecule has 0 aliphatic carbocycles. The number of nitrogens with one attached hydrogen (secondary N) is 1. The van der Waals surface area contributed by atoms with Gasteiger partial charge in [-0.25, -0.2) is 4.98 Å². The quantitative estimate of drug-likeness (QED) is 0.262. The first kappa shape index (κ1) is 26.6. The van der Waals surface area contributed by atoms with Crippen molar-refractivity contribution in [2.75, 3.05) is 13.2 Å². The second-order valence-corrected chi connectivity index (χ2v) is 9.68. The van der Waals surface area contributed by atoms with E-state index in [9.17, 15) is 9.59 Å². The molecule has 3 heterocycles. The van der Waals surface area contributed by atoms with Gasteiger partial charge in [0.15, 0.2) is 17.1 Å². The molecule has 204 valence electrons. The Morgan fingerprint density at radius 2 is 1.52 bits per heavy atom. The highest BCUT2D eigenvalue weighted by Crippen LogP contribution is 2.34. The Bertz CT molecular complexity index is 1660. The number of aromatic nitrogens is 8. The van der Waals surface area contributed by atoms with E-state index in [2.05, 4.69) is 30.8 Å². The van der Waals surface area contributed by atoms with E-state index in [0.29, 0.717) is 23.4 Å². The van der Waals surface area contributed by atoms with Gasteiger partial charge in [-0.05, 0) is 35.8 Å². The van der Waals surface area contributed by atoms with E-state index in [4.69, 9.17) is 14.5 Å². The summed E-state index contributed by atoms with van der Waals surface area (Å²) in [7, 11) is 0. The summed E-state index contributed by atoms with van der Waals surface area (Å²) in [6, 6.07) is 16.0. The number of tetrazole rings is 1. The first-order valence-corrected chi connectivity index (χ1v) is 12.7. The summed E-state index contributed by atoms with van der Waals surface area (Å²) in [6.45, 7) is 7.06. The highest BCUT2D eigenvalue weighted by molar-refractivity contribution is 5.86. The van der Waals surface area contributed by atoms with Crippen molar-refractivity contribution in [3.05, 3.63) is 59.9 Å². The van der Waals surface area contributed by atoms with Crippen LogP contribution in [-0.2, 0) is 16.1 Å². The minimum atomic E-state index is -0.159. The lowest BCUT2D eigenvalue weighted by Crippen LogP contribution is -2.12. The van der Waals surface area contributed by atoms with Gasteiger partial charge in [0.1, 0.15) is 24.6 Å². The van der Waals surface area contributed by atoms with Crippen molar-refractivity contribution in [2.24, 2.45) is 0 Å². The van der Waals surface area contributed by atoms with Crippen molar-refractivity contribution in [3.8, 4) is 34.3 Å². The van der Waals surface area contributed by atoms with Crippen LogP contribution in [0, 0.1) is 0 Å². The third-order valence-electron chi connectivity index (χ3n) is 6.09. The maximum Gasteiger partial charge on any atom is 0.262 e. The number of carbonyl (C=O) groups excluding carboxylic acids is 2. The molecule has 0 spiro atoms. The molecule has 40 heavy (non-hydrogen) atoms. The minimum Gasteiger partial charge on any atom is -0.467 e. The van der Waals surface area contributed by atoms with Crippen LogP contribution in [0.1, 0.15) is 45.0 Å². The Kier molecular flexibility index (Phi) is 7.58. The van der Waals surface area contributed by atoms with E-state index in [1.54, 1.807) is 0 Å². The van der Waals surface area contributed by atoms with Gasteiger partial charge in [0.25, 0.3) is 11.8 Å². The number of hydrogen-bond donors (Lipinski definition) is 1. The Morgan fingerprint density at radius 1 is 0.875 bits per heavy atom. The van der Waals surface area contributed by atoms with Gasteiger partial charge in [-0.3, -0.25) is 9.59 Å². The molecule has 12 heteroatoms. The lowest BCUT2D eigenvalue weighted by atomic mass is 9.98. The standard InChI is InChI=1S/C28H28N8O4/c1-16(2)26-29-23-24(28(40-15-18(4)38)33-32-27(23)39-14-17(3)37)36(26)13-19-9-11-20(12-10-19)21-7-5-6-8-22(21)25-30-34-35-31-25/h5-12,16H,13-15H2,1-4H3,(H,30,31,34,35). The second kappa shape index (κ2) is 11.4. The number of aromatic amines is 1. The Hall–Kier alpha value is -5.00. The van der Waals surface area contributed by atoms with E-state index in [1.165, 1.54) is 13.8 Å². The molecule has 1 N–H and O–H groups in total. The monoisotopic (exact) mass is 540 g/mol. The number of benzene rings is 2. The van der Waals surface area contributed by atoms with Crippen LogP contribution in [0.25, 0.3) is 33.5 Å². The molecule has 0 bridgehead atoms. The largest absolute Gasteiger partial charge is 0.467 e. The third-order valence-corrected chi connectivity index (χ3v) is 6.09. The molecule has 5 rings (SSSR count). The third kappa shape index (κ3) is 5.55. The summed E-state index contributed by atoms with van der Waals surface area (Å²) < 4.78 is 13.4. The fraction of sp³-hybridized carbons (Fsp3) is 0.286.